The summed E-state index contributed by atoms with van der Waals surface area (Å²) >= 11 is 7.27. The molecule has 0 spiro atoms. The van der Waals surface area contributed by atoms with Gasteiger partial charge in [-0.3, -0.25) is 14.5 Å². The van der Waals surface area contributed by atoms with Crippen LogP contribution in [0.3, 0.4) is 0 Å². The highest BCUT2D eigenvalue weighted by Crippen LogP contribution is 2.34. The van der Waals surface area contributed by atoms with Crippen LogP contribution in [0.25, 0.3) is 0 Å². The van der Waals surface area contributed by atoms with Crippen LogP contribution in [0.5, 0.6) is 0 Å². The second-order valence-electron chi connectivity index (χ2n) is 13.1. The van der Waals surface area contributed by atoms with Crippen molar-refractivity contribution >= 4 is 40.9 Å². The predicted molar refractivity (Wildman–Crippen MR) is 166 cm³/mol. The van der Waals surface area contributed by atoms with Crippen LogP contribution < -0.4 is 5.32 Å². The van der Waals surface area contributed by atoms with Gasteiger partial charge in [0.15, 0.2) is 0 Å². The molecule has 3 fully saturated rings. The Labute approximate surface area is 269 Å². The number of alkyl halides is 3. The summed E-state index contributed by atoms with van der Waals surface area (Å²) in [6.07, 6.45) is -3.60. The van der Waals surface area contributed by atoms with Crippen molar-refractivity contribution in [3.05, 3.63) is 64.2 Å². The van der Waals surface area contributed by atoms with Crippen LogP contribution >= 0.6 is 23.4 Å². The number of anilines is 1. The van der Waals surface area contributed by atoms with E-state index >= 15 is 0 Å². The highest BCUT2D eigenvalue weighted by Gasteiger charge is 2.40. The van der Waals surface area contributed by atoms with Gasteiger partial charge in [-0.2, -0.15) is 13.2 Å². The molecule has 1 N–H and O–H groups in total. The molecule has 45 heavy (non-hydrogen) atoms. The maximum atomic E-state index is 13.5. The number of amides is 2. The Bertz CT molecular complexity index is 1380. The number of nitrogens with zero attached hydrogens (tertiary/aromatic N) is 3. The first-order chi connectivity index (χ1) is 21.2. The maximum absolute atomic E-state index is 13.5. The third-order valence-corrected chi connectivity index (χ3v) is 10.4. The van der Waals surface area contributed by atoms with E-state index in [1.165, 1.54) is 4.90 Å². The van der Waals surface area contributed by atoms with Crippen LogP contribution in [0.1, 0.15) is 55.5 Å². The quantitative estimate of drug-likeness (QED) is 0.296. The molecule has 2 aromatic carbocycles. The number of halogens is 6. The third-order valence-electron chi connectivity index (χ3n) is 8.80. The molecule has 2 aromatic rings. The molecule has 13 heteroatoms. The minimum absolute atomic E-state index is 0.0536. The van der Waals surface area contributed by atoms with Gasteiger partial charge in [-0.1, -0.05) is 25.4 Å². The predicted octanol–water partition coefficient (Wildman–Crippen LogP) is 6.83. The number of nitrogens with one attached hydrogen (secondary N) is 1. The third kappa shape index (κ3) is 8.83. The van der Waals surface area contributed by atoms with Gasteiger partial charge in [-0.15, -0.1) is 11.8 Å². The number of hydrogen-bond donors (Lipinski definition) is 1. The molecule has 246 valence electrons. The van der Waals surface area contributed by atoms with E-state index < -0.39 is 35.4 Å². The van der Waals surface area contributed by atoms with Gasteiger partial charge >= 0.3 is 6.18 Å². The zero-order valence-corrected chi connectivity index (χ0v) is 26.9. The van der Waals surface area contributed by atoms with E-state index in [0.717, 1.165) is 55.6 Å². The topological polar surface area (TPSA) is 55.9 Å². The minimum atomic E-state index is -4.55. The molecule has 1 atom stereocenters. The standard InChI is InChI=1S/C32H38ClF5N4O2S/c1-31(2)7-10-41(19-31)29(43)26-4-3-23(14-27(26)33)39-24-16-42(17-24)25-5-8-40(9-6-25)30(44)28(15-32(36,37)38)45-18-20-11-21(34)13-22(35)12-20/h3-4,11-14,24-25,28,39H,5-10,15-19H2,1-2H3. The summed E-state index contributed by atoms with van der Waals surface area (Å²) in [5, 5.41) is 2.49. The van der Waals surface area contributed by atoms with Gasteiger partial charge in [0.05, 0.1) is 28.3 Å². The summed E-state index contributed by atoms with van der Waals surface area (Å²) < 4.78 is 67.1. The average Bonchev–Trinajstić information content (AvgIpc) is 3.30. The first-order valence-electron chi connectivity index (χ1n) is 15.2. The molecule has 6 nitrogen and oxygen atoms in total. The number of carbonyl (C=O) groups is 2. The molecular weight excluding hydrogens is 635 g/mol. The maximum Gasteiger partial charge on any atom is 0.390 e. The number of thioether (sulfide) groups is 1. The van der Waals surface area contributed by atoms with Gasteiger partial charge in [-0.25, -0.2) is 8.78 Å². The summed E-state index contributed by atoms with van der Waals surface area (Å²) in [6, 6.07) is 8.63. The lowest BCUT2D eigenvalue weighted by Gasteiger charge is -2.47. The van der Waals surface area contributed by atoms with Crippen LogP contribution in [0, 0.1) is 17.0 Å². The minimum Gasteiger partial charge on any atom is -0.380 e. The smallest absolute Gasteiger partial charge is 0.380 e. The Hall–Kier alpha value is -2.57. The second-order valence-corrected chi connectivity index (χ2v) is 14.7. The van der Waals surface area contributed by atoms with Crippen molar-refractivity contribution in [2.45, 2.75) is 68.8 Å². The largest absolute Gasteiger partial charge is 0.390 e. The summed E-state index contributed by atoms with van der Waals surface area (Å²) in [5.74, 6) is -2.39. The van der Waals surface area contributed by atoms with Crippen LogP contribution in [-0.4, -0.2) is 89.3 Å². The lowest BCUT2D eigenvalue weighted by molar-refractivity contribution is -0.148. The number of rotatable bonds is 9. The second kappa shape index (κ2) is 13.7. The molecule has 1 unspecified atom stereocenters. The van der Waals surface area contributed by atoms with Crippen molar-refractivity contribution in [3.63, 3.8) is 0 Å². The summed E-state index contributed by atoms with van der Waals surface area (Å²) in [5.41, 5.74) is 1.62. The molecule has 3 heterocycles. The average molecular weight is 673 g/mol. The molecule has 3 saturated heterocycles. The normalized spacial score (nSPS) is 20.3. The molecule has 3 aliphatic heterocycles. The van der Waals surface area contributed by atoms with Gasteiger partial charge in [0.2, 0.25) is 5.91 Å². The van der Waals surface area contributed by atoms with E-state index in [4.69, 9.17) is 11.6 Å². The van der Waals surface area contributed by atoms with E-state index in [2.05, 4.69) is 24.1 Å². The van der Waals surface area contributed by atoms with Gasteiger partial charge in [0.1, 0.15) is 11.6 Å². The van der Waals surface area contributed by atoms with Crippen molar-refractivity contribution in [1.29, 1.82) is 0 Å². The zero-order chi connectivity index (χ0) is 32.5. The van der Waals surface area contributed by atoms with Crippen molar-refractivity contribution < 1.29 is 31.5 Å². The number of likely N-dealkylation sites (tertiary alicyclic amines) is 3. The number of hydrogen-bond acceptors (Lipinski definition) is 5. The highest BCUT2D eigenvalue weighted by molar-refractivity contribution is 7.99. The van der Waals surface area contributed by atoms with Gasteiger partial charge < -0.3 is 15.1 Å². The lowest BCUT2D eigenvalue weighted by Crippen LogP contribution is -2.60. The van der Waals surface area contributed by atoms with E-state index in [-0.39, 0.29) is 34.7 Å². The fourth-order valence-corrected chi connectivity index (χ4v) is 7.77. The van der Waals surface area contributed by atoms with Gasteiger partial charge in [-0.05, 0) is 60.6 Å². The van der Waals surface area contributed by atoms with Crippen molar-refractivity contribution in [2.24, 2.45) is 5.41 Å². The van der Waals surface area contributed by atoms with Crippen LogP contribution in [0.15, 0.2) is 36.4 Å². The monoisotopic (exact) mass is 672 g/mol. The van der Waals surface area contributed by atoms with E-state index in [9.17, 15) is 31.5 Å². The van der Waals surface area contributed by atoms with E-state index in [1.54, 1.807) is 12.1 Å². The lowest BCUT2D eigenvalue weighted by atomic mass is 9.93. The Balaban J connectivity index is 1.08. The van der Waals surface area contributed by atoms with Crippen molar-refractivity contribution in [3.8, 4) is 0 Å². The number of piperidine rings is 1. The highest BCUT2D eigenvalue weighted by atomic mass is 35.5. The molecule has 0 aromatic heterocycles. The van der Waals surface area contributed by atoms with Gasteiger partial charge in [0.25, 0.3) is 5.91 Å². The molecule has 0 saturated carbocycles. The van der Waals surface area contributed by atoms with E-state index in [0.29, 0.717) is 49.1 Å². The molecule has 0 bridgehead atoms. The molecule has 0 aliphatic carbocycles. The van der Waals surface area contributed by atoms with Crippen LogP contribution in [-0.2, 0) is 10.5 Å². The molecule has 3 aliphatic rings. The fraction of sp³-hybridized carbons (Fsp3) is 0.562. The number of benzene rings is 2. The Morgan fingerprint density at radius 3 is 2.27 bits per heavy atom. The van der Waals surface area contributed by atoms with Gasteiger partial charge in [0, 0.05) is 62.8 Å². The van der Waals surface area contributed by atoms with Crippen LogP contribution in [0.4, 0.5) is 27.6 Å². The molecule has 5 rings (SSSR count). The van der Waals surface area contributed by atoms with E-state index in [1.807, 2.05) is 11.0 Å². The Morgan fingerprint density at radius 1 is 1.02 bits per heavy atom. The van der Waals surface area contributed by atoms with Crippen molar-refractivity contribution in [1.82, 2.24) is 14.7 Å². The SMILES string of the molecule is CC1(C)CCN(C(=O)c2ccc(NC3CN(C4CCN(C(=O)C(CC(F)(F)F)SCc5cc(F)cc(F)c5)CC4)C3)cc2Cl)C1. The summed E-state index contributed by atoms with van der Waals surface area (Å²) in [6.45, 7) is 7.97. The number of carbonyl (C=O) groups excluding carboxylic acids is 2. The zero-order valence-electron chi connectivity index (χ0n) is 25.3. The summed E-state index contributed by atoms with van der Waals surface area (Å²) in [4.78, 5) is 31.7. The Morgan fingerprint density at radius 2 is 1.69 bits per heavy atom. The molecular formula is C32H38ClF5N4O2S. The van der Waals surface area contributed by atoms with Crippen LogP contribution in [0.2, 0.25) is 5.02 Å². The Kier molecular flexibility index (Phi) is 10.2. The molecule has 0 radical (unpaired) electrons. The first kappa shape index (κ1) is 33.8. The molecule has 2 amide bonds. The fourth-order valence-electron chi connectivity index (χ4n) is 6.35. The first-order valence-corrected chi connectivity index (χ1v) is 16.6. The summed E-state index contributed by atoms with van der Waals surface area (Å²) in [7, 11) is 0. The van der Waals surface area contributed by atoms with Crippen molar-refractivity contribution in [2.75, 3.05) is 44.6 Å².